The van der Waals surface area contributed by atoms with E-state index in [9.17, 15) is 9.59 Å². The molecule has 244 valence electrons. The Morgan fingerprint density at radius 2 is 0.951 bits per heavy atom. The van der Waals surface area contributed by atoms with Crippen LogP contribution in [-0.4, -0.2) is 56.5 Å². The van der Waals surface area contributed by atoms with E-state index in [1.54, 1.807) is 0 Å². The van der Waals surface area contributed by atoms with Crippen molar-refractivity contribution in [3.63, 3.8) is 0 Å². The molecular formula is C36H72N2O3. The summed E-state index contributed by atoms with van der Waals surface area (Å²) in [5.74, 6) is 0.0750. The Hall–Kier alpha value is -0.940. The van der Waals surface area contributed by atoms with Gasteiger partial charge in [-0.05, 0) is 32.9 Å². The second-order valence-electron chi connectivity index (χ2n) is 12.5. The molecule has 0 heterocycles. The van der Waals surface area contributed by atoms with Gasteiger partial charge in [0, 0.05) is 13.0 Å². The molecule has 0 bridgehead atoms. The standard InChI is InChI=1S/C36H72N2O3/c1-4-6-8-10-12-14-16-18-20-22-24-26-29-35(39)33-38(31-28-30-37-3)34-36(40)41-32-27-25-23-21-19-17-15-13-11-9-7-5-2/h37H,4-34H2,1-3H3. The average molecular weight is 581 g/mol. The number of ether oxygens (including phenoxy) is 1. The minimum Gasteiger partial charge on any atom is -0.465 e. The van der Waals surface area contributed by atoms with Crippen LogP contribution in [0.25, 0.3) is 0 Å². The molecule has 1 N–H and O–H groups in total. The third-order valence-electron chi connectivity index (χ3n) is 8.22. The fourth-order valence-electron chi connectivity index (χ4n) is 5.54. The first-order valence-corrected chi connectivity index (χ1v) is 18.2. The lowest BCUT2D eigenvalue weighted by atomic mass is 10.0. The predicted octanol–water partition coefficient (Wildman–Crippen LogP) is 9.80. The van der Waals surface area contributed by atoms with E-state index in [-0.39, 0.29) is 18.3 Å². The Morgan fingerprint density at radius 1 is 0.537 bits per heavy atom. The van der Waals surface area contributed by atoms with Crippen molar-refractivity contribution in [1.82, 2.24) is 10.2 Å². The van der Waals surface area contributed by atoms with Gasteiger partial charge in [0.15, 0.2) is 0 Å². The van der Waals surface area contributed by atoms with Gasteiger partial charge in [-0.3, -0.25) is 14.5 Å². The van der Waals surface area contributed by atoms with Gasteiger partial charge in [0.25, 0.3) is 0 Å². The molecule has 0 saturated heterocycles. The van der Waals surface area contributed by atoms with Crippen LogP contribution in [0.15, 0.2) is 0 Å². The highest BCUT2D eigenvalue weighted by Crippen LogP contribution is 2.14. The molecule has 0 aromatic carbocycles. The zero-order valence-electron chi connectivity index (χ0n) is 28.1. The molecule has 0 unspecified atom stereocenters. The molecule has 0 fully saturated rings. The van der Waals surface area contributed by atoms with Crippen molar-refractivity contribution >= 4 is 11.8 Å². The van der Waals surface area contributed by atoms with E-state index in [1.165, 1.54) is 128 Å². The van der Waals surface area contributed by atoms with Crippen molar-refractivity contribution in [3.8, 4) is 0 Å². The number of hydrogen-bond donors (Lipinski definition) is 1. The maximum Gasteiger partial charge on any atom is 0.320 e. The van der Waals surface area contributed by atoms with Crippen molar-refractivity contribution in [3.05, 3.63) is 0 Å². The molecule has 0 saturated carbocycles. The van der Waals surface area contributed by atoms with Gasteiger partial charge in [0.2, 0.25) is 0 Å². The number of carbonyl (C=O) groups is 2. The zero-order valence-corrected chi connectivity index (χ0v) is 28.1. The van der Waals surface area contributed by atoms with Crippen LogP contribution in [0, 0.1) is 0 Å². The number of rotatable bonds is 34. The van der Waals surface area contributed by atoms with Crippen molar-refractivity contribution in [2.24, 2.45) is 0 Å². The Kier molecular flexibility index (Phi) is 32.8. The van der Waals surface area contributed by atoms with E-state index in [0.29, 0.717) is 19.6 Å². The van der Waals surface area contributed by atoms with Gasteiger partial charge in [-0.2, -0.15) is 0 Å². The van der Waals surface area contributed by atoms with Crippen LogP contribution in [0.2, 0.25) is 0 Å². The third-order valence-corrected chi connectivity index (χ3v) is 8.22. The molecule has 0 spiro atoms. The second kappa shape index (κ2) is 33.6. The van der Waals surface area contributed by atoms with Crippen molar-refractivity contribution in [2.75, 3.05) is 39.8 Å². The van der Waals surface area contributed by atoms with Gasteiger partial charge < -0.3 is 10.1 Å². The molecule has 0 aliphatic rings. The van der Waals surface area contributed by atoms with E-state index >= 15 is 0 Å². The normalized spacial score (nSPS) is 11.4. The summed E-state index contributed by atoms with van der Waals surface area (Å²) in [4.78, 5) is 27.1. The summed E-state index contributed by atoms with van der Waals surface area (Å²) >= 11 is 0. The monoisotopic (exact) mass is 581 g/mol. The third kappa shape index (κ3) is 31.8. The topological polar surface area (TPSA) is 58.6 Å². The van der Waals surface area contributed by atoms with Crippen LogP contribution < -0.4 is 5.32 Å². The number of unbranched alkanes of at least 4 members (excludes halogenated alkanes) is 22. The molecule has 0 amide bonds. The maximum atomic E-state index is 12.6. The van der Waals surface area contributed by atoms with E-state index < -0.39 is 0 Å². The molecule has 0 atom stereocenters. The van der Waals surface area contributed by atoms with E-state index in [4.69, 9.17) is 4.74 Å². The first-order valence-electron chi connectivity index (χ1n) is 18.2. The molecule has 5 heteroatoms. The molecule has 0 aromatic heterocycles. The molecule has 0 rings (SSSR count). The average Bonchev–Trinajstić information content (AvgIpc) is 2.96. The highest BCUT2D eigenvalue weighted by molar-refractivity contribution is 5.81. The lowest BCUT2D eigenvalue weighted by Gasteiger charge is -2.20. The second-order valence-corrected chi connectivity index (χ2v) is 12.5. The fraction of sp³-hybridized carbons (Fsp3) is 0.944. The Morgan fingerprint density at radius 3 is 1.39 bits per heavy atom. The zero-order chi connectivity index (χ0) is 30.1. The molecule has 0 aromatic rings. The van der Waals surface area contributed by atoms with Crippen molar-refractivity contribution in [1.29, 1.82) is 0 Å². The van der Waals surface area contributed by atoms with E-state index in [1.807, 2.05) is 11.9 Å². The van der Waals surface area contributed by atoms with Crippen molar-refractivity contribution < 1.29 is 14.3 Å². The molecule has 0 aliphatic carbocycles. The van der Waals surface area contributed by atoms with Gasteiger partial charge in [-0.1, -0.05) is 155 Å². The van der Waals surface area contributed by atoms with Crippen LogP contribution in [0.1, 0.15) is 181 Å². The minimum atomic E-state index is -0.185. The van der Waals surface area contributed by atoms with Crippen molar-refractivity contribution in [2.45, 2.75) is 181 Å². The Labute approximate surface area is 256 Å². The van der Waals surface area contributed by atoms with Crippen LogP contribution in [0.5, 0.6) is 0 Å². The van der Waals surface area contributed by atoms with E-state index in [0.717, 1.165) is 45.2 Å². The summed E-state index contributed by atoms with van der Waals surface area (Å²) in [6.07, 6.45) is 32.8. The van der Waals surface area contributed by atoms with Crippen LogP contribution in [0.4, 0.5) is 0 Å². The Balaban J connectivity index is 3.85. The molecule has 41 heavy (non-hydrogen) atoms. The molecule has 0 radical (unpaired) electrons. The number of carbonyl (C=O) groups excluding carboxylic acids is 2. The summed E-state index contributed by atoms with van der Waals surface area (Å²) in [5.41, 5.74) is 0. The van der Waals surface area contributed by atoms with Crippen LogP contribution >= 0.6 is 0 Å². The highest BCUT2D eigenvalue weighted by atomic mass is 16.5. The maximum absolute atomic E-state index is 12.6. The summed E-state index contributed by atoms with van der Waals surface area (Å²) in [7, 11) is 1.94. The minimum absolute atomic E-state index is 0.185. The van der Waals surface area contributed by atoms with Crippen LogP contribution in [0.3, 0.4) is 0 Å². The number of esters is 1. The van der Waals surface area contributed by atoms with Gasteiger partial charge in [-0.25, -0.2) is 0 Å². The fourth-order valence-corrected chi connectivity index (χ4v) is 5.54. The van der Waals surface area contributed by atoms with Crippen LogP contribution in [-0.2, 0) is 14.3 Å². The lowest BCUT2D eigenvalue weighted by Crippen LogP contribution is -2.37. The first kappa shape index (κ1) is 40.1. The number of Topliss-reactive ketones (excluding diaryl/α,β-unsaturated/α-hetero) is 1. The molecule has 0 aliphatic heterocycles. The van der Waals surface area contributed by atoms with Gasteiger partial charge in [0.1, 0.15) is 5.78 Å². The summed E-state index contributed by atoms with van der Waals surface area (Å²) in [6, 6.07) is 0. The first-order chi connectivity index (χ1) is 20.1. The van der Waals surface area contributed by atoms with Gasteiger partial charge in [0.05, 0.1) is 19.7 Å². The number of nitrogens with one attached hydrogen (secondary N) is 1. The highest BCUT2D eigenvalue weighted by Gasteiger charge is 2.15. The molecule has 5 nitrogen and oxygen atoms in total. The SMILES string of the molecule is CCCCCCCCCCCCCCOC(=O)CN(CCCNC)CC(=O)CCCCCCCCCCCCCC. The lowest BCUT2D eigenvalue weighted by molar-refractivity contribution is -0.145. The molecular weight excluding hydrogens is 508 g/mol. The summed E-state index contributed by atoms with van der Waals surface area (Å²) in [5, 5.41) is 3.16. The van der Waals surface area contributed by atoms with E-state index in [2.05, 4.69) is 19.2 Å². The largest absolute Gasteiger partial charge is 0.465 e. The summed E-state index contributed by atoms with van der Waals surface area (Å²) < 4.78 is 5.52. The number of nitrogens with zero attached hydrogens (tertiary/aromatic N) is 1. The van der Waals surface area contributed by atoms with Gasteiger partial charge in [-0.15, -0.1) is 0 Å². The van der Waals surface area contributed by atoms with Gasteiger partial charge >= 0.3 is 5.97 Å². The summed E-state index contributed by atoms with van der Waals surface area (Å²) in [6.45, 7) is 7.28. The Bertz CT molecular complexity index is 555. The number of ketones is 1. The smallest absolute Gasteiger partial charge is 0.320 e. The quantitative estimate of drug-likeness (QED) is 0.0606. The number of hydrogen-bond acceptors (Lipinski definition) is 5. The predicted molar refractivity (Wildman–Crippen MR) is 178 cm³/mol.